The summed E-state index contributed by atoms with van der Waals surface area (Å²) in [7, 11) is 0. The van der Waals surface area contributed by atoms with Gasteiger partial charge in [-0.1, -0.05) is 24.6 Å². The van der Waals surface area contributed by atoms with Crippen LogP contribution in [-0.2, 0) is 4.79 Å². The third-order valence-corrected chi connectivity index (χ3v) is 3.71. The van der Waals surface area contributed by atoms with Gasteiger partial charge < -0.3 is 15.8 Å². The first-order valence-corrected chi connectivity index (χ1v) is 6.97. The number of carbonyl (C=O) groups excluding carboxylic acids is 1. The van der Waals surface area contributed by atoms with Crippen molar-refractivity contribution >= 4 is 5.91 Å². The highest BCUT2D eigenvalue weighted by Crippen LogP contribution is 2.30. The monoisotopic (exact) mass is 262 g/mol. The number of hydrogen-bond acceptors (Lipinski definition) is 3. The average molecular weight is 262 g/mol. The van der Waals surface area contributed by atoms with Gasteiger partial charge in [-0.15, -0.1) is 0 Å². The van der Waals surface area contributed by atoms with Crippen LogP contribution in [0.3, 0.4) is 0 Å². The molecule has 0 heterocycles. The Balaban J connectivity index is 1.67. The molecule has 104 valence electrons. The van der Waals surface area contributed by atoms with E-state index in [2.05, 4.69) is 5.32 Å². The zero-order chi connectivity index (χ0) is 13.5. The number of ether oxygens (including phenoxy) is 1. The van der Waals surface area contributed by atoms with Gasteiger partial charge in [0.15, 0.2) is 0 Å². The van der Waals surface area contributed by atoms with Crippen LogP contribution in [0.5, 0.6) is 5.75 Å². The zero-order valence-corrected chi connectivity index (χ0v) is 11.2. The lowest BCUT2D eigenvalue weighted by molar-refractivity contribution is -0.126. The van der Waals surface area contributed by atoms with Gasteiger partial charge in [-0.25, -0.2) is 0 Å². The zero-order valence-electron chi connectivity index (χ0n) is 11.2. The molecule has 0 saturated heterocycles. The molecule has 1 amide bonds. The van der Waals surface area contributed by atoms with Crippen LogP contribution in [0.2, 0.25) is 0 Å². The van der Waals surface area contributed by atoms with Gasteiger partial charge in [-0.2, -0.15) is 0 Å². The molecule has 1 aliphatic rings. The summed E-state index contributed by atoms with van der Waals surface area (Å²) in [6.45, 7) is 1.65. The van der Waals surface area contributed by atoms with Crippen LogP contribution >= 0.6 is 0 Å². The number of nitrogens with two attached hydrogens (primary N) is 1. The number of hydrogen-bond donors (Lipinski definition) is 2. The molecule has 0 aliphatic heterocycles. The van der Waals surface area contributed by atoms with E-state index in [-0.39, 0.29) is 11.8 Å². The molecule has 4 heteroatoms. The van der Waals surface area contributed by atoms with Crippen LogP contribution < -0.4 is 15.8 Å². The minimum atomic E-state index is 0.0988. The van der Waals surface area contributed by atoms with Gasteiger partial charge in [0.05, 0.1) is 6.54 Å². The molecule has 0 spiro atoms. The van der Waals surface area contributed by atoms with Crippen LogP contribution in [0.1, 0.15) is 19.3 Å². The first-order valence-electron chi connectivity index (χ1n) is 6.97. The Morgan fingerprint density at radius 3 is 2.84 bits per heavy atom. The van der Waals surface area contributed by atoms with E-state index >= 15 is 0 Å². The number of amides is 1. The van der Waals surface area contributed by atoms with E-state index in [1.54, 1.807) is 0 Å². The van der Waals surface area contributed by atoms with Gasteiger partial charge in [-0.3, -0.25) is 4.79 Å². The molecule has 0 bridgehead atoms. The van der Waals surface area contributed by atoms with Crippen molar-refractivity contribution in [2.45, 2.75) is 19.3 Å². The van der Waals surface area contributed by atoms with E-state index in [4.69, 9.17) is 10.5 Å². The molecule has 4 nitrogen and oxygen atoms in total. The fourth-order valence-corrected chi connectivity index (χ4v) is 2.66. The quantitative estimate of drug-likeness (QED) is 0.765. The molecule has 0 radical (unpaired) electrons. The molecule has 1 fully saturated rings. The molecule has 0 aromatic heterocycles. The van der Waals surface area contributed by atoms with Crippen molar-refractivity contribution in [1.82, 2.24) is 5.32 Å². The maximum atomic E-state index is 12.0. The normalized spacial score (nSPS) is 22.2. The maximum absolute atomic E-state index is 12.0. The Kier molecular flexibility index (Phi) is 5.21. The second kappa shape index (κ2) is 7.14. The van der Waals surface area contributed by atoms with E-state index in [1.165, 1.54) is 0 Å². The van der Waals surface area contributed by atoms with E-state index < -0.39 is 0 Å². The predicted molar refractivity (Wildman–Crippen MR) is 74.8 cm³/mol. The fraction of sp³-hybridized carbons (Fsp3) is 0.533. The summed E-state index contributed by atoms with van der Waals surface area (Å²) in [5, 5.41) is 2.94. The SMILES string of the molecule is NCC1CCCC1C(=O)NCCOc1ccccc1. The summed E-state index contributed by atoms with van der Waals surface area (Å²) in [4.78, 5) is 12.0. The Morgan fingerprint density at radius 1 is 1.32 bits per heavy atom. The first kappa shape index (κ1) is 13.9. The molecule has 2 atom stereocenters. The molecule has 1 saturated carbocycles. The summed E-state index contributed by atoms with van der Waals surface area (Å²) in [6, 6.07) is 9.62. The Hall–Kier alpha value is -1.55. The van der Waals surface area contributed by atoms with E-state index in [0.29, 0.717) is 25.6 Å². The fourth-order valence-electron chi connectivity index (χ4n) is 2.66. The van der Waals surface area contributed by atoms with Crippen molar-refractivity contribution in [3.63, 3.8) is 0 Å². The summed E-state index contributed by atoms with van der Waals surface area (Å²) < 4.78 is 5.53. The summed E-state index contributed by atoms with van der Waals surface area (Å²) in [6.07, 6.45) is 3.16. The maximum Gasteiger partial charge on any atom is 0.223 e. The van der Waals surface area contributed by atoms with Gasteiger partial charge in [0.1, 0.15) is 12.4 Å². The Labute approximate surface area is 114 Å². The molecule has 19 heavy (non-hydrogen) atoms. The lowest BCUT2D eigenvalue weighted by atomic mass is 9.95. The highest BCUT2D eigenvalue weighted by atomic mass is 16.5. The molecular formula is C15H22N2O2. The van der Waals surface area contributed by atoms with Crippen LogP contribution in [0, 0.1) is 11.8 Å². The molecule has 3 N–H and O–H groups in total. The van der Waals surface area contributed by atoms with Gasteiger partial charge in [0.2, 0.25) is 5.91 Å². The molecule has 2 unspecified atom stereocenters. The number of nitrogens with one attached hydrogen (secondary N) is 1. The Morgan fingerprint density at radius 2 is 2.11 bits per heavy atom. The van der Waals surface area contributed by atoms with E-state index in [9.17, 15) is 4.79 Å². The van der Waals surface area contributed by atoms with Crippen molar-refractivity contribution in [1.29, 1.82) is 0 Å². The van der Waals surface area contributed by atoms with Gasteiger partial charge >= 0.3 is 0 Å². The third-order valence-electron chi connectivity index (χ3n) is 3.71. The molecule has 1 aromatic carbocycles. The first-order chi connectivity index (χ1) is 9.31. The highest BCUT2D eigenvalue weighted by Gasteiger charge is 2.31. The third kappa shape index (κ3) is 3.96. The summed E-state index contributed by atoms with van der Waals surface area (Å²) in [5.74, 6) is 1.42. The number of carbonyl (C=O) groups is 1. The lowest BCUT2D eigenvalue weighted by Crippen LogP contribution is -2.37. The van der Waals surface area contributed by atoms with Gasteiger partial charge in [0.25, 0.3) is 0 Å². The van der Waals surface area contributed by atoms with Crippen molar-refractivity contribution < 1.29 is 9.53 Å². The lowest BCUT2D eigenvalue weighted by Gasteiger charge is -2.17. The molecule has 1 aromatic rings. The van der Waals surface area contributed by atoms with Gasteiger partial charge in [0, 0.05) is 5.92 Å². The molecule has 2 rings (SSSR count). The second-order valence-electron chi connectivity index (χ2n) is 4.99. The van der Waals surface area contributed by atoms with Crippen molar-refractivity contribution in [2.75, 3.05) is 19.7 Å². The Bertz CT molecular complexity index is 394. The summed E-state index contributed by atoms with van der Waals surface area (Å²) in [5.41, 5.74) is 5.69. The topological polar surface area (TPSA) is 64.4 Å². The number of para-hydroxylation sites is 1. The van der Waals surface area contributed by atoms with E-state index in [0.717, 1.165) is 25.0 Å². The molecular weight excluding hydrogens is 240 g/mol. The largest absolute Gasteiger partial charge is 0.492 e. The van der Waals surface area contributed by atoms with Gasteiger partial charge in [-0.05, 0) is 37.4 Å². The number of benzene rings is 1. The van der Waals surface area contributed by atoms with Crippen molar-refractivity contribution in [2.24, 2.45) is 17.6 Å². The van der Waals surface area contributed by atoms with Crippen LogP contribution in [0.15, 0.2) is 30.3 Å². The van der Waals surface area contributed by atoms with Crippen molar-refractivity contribution in [3.8, 4) is 5.75 Å². The smallest absolute Gasteiger partial charge is 0.223 e. The van der Waals surface area contributed by atoms with Crippen LogP contribution in [0.4, 0.5) is 0 Å². The molecule has 1 aliphatic carbocycles. The standard InChI is InChI=1S/C15H22N2O2/c16-11-12-5-4-8-14(12)15(18)17-9-10-19-13-6-2-1-3-7-13/h1-3,6-7,12,14H,4-5,8-11,16H2,(H,17,18). The second-order valence-corrected chi connectivity index (χ2v) is 4.99. The minimum absolute atomic E-state index is 0.0988. The summed E-state index contributed by atoms with van der Waals surface area (Å²) >= 11 is 0. The van der Waals surface area contributed by atoms with Crippen LogP contribution in [-0.4, -0.2) is 25.6 Å². The van der Waals surface area contributed by atoms with Crippen LogP contribution in [0.25, 0.3) is 0 Å². The van der Waals surface area contributed by atoms with Crippen molar-refractivity contribution in [3.05, 3.63) is 30.3 Å². The minimum Gasteiger partial charge on any atom is -0.492 e. The van der Waals surface area contributed by atoms with E-state index in [1.807, 2.05) is 30.3 Å². The number of rotatable bonds is 6. The average Bonchev–Trinajstić information content (AvgIpc) is 2.93. The highest BCUT2D eigenvalue weighted by molar-refractivity contribution is 5.79. The predicted octanol–water partition coefficient (Wildman–Crippen LogP) is 1.56.